The van der Waals surface area contributed by atoms with E-state index in [2.05, 4.69) is 25.5 Å². The summed E-state index contributed by atoms with van der Waals surface area (Å²) in [5.41, 5.74) is 2.80. The van der Waals surface area contributed by atoms with Crippen molar-refractivity contribution in [1.29, 1.82) is 0 Å². The molecule has 0 saturated heterocycles. The van der Waals surface area contributed by atoms with Gasteiger partial charge in [0.2, 0.25) is 5.91 Å². The number of hydrogen-bond donors (Lipinski definition) is 2. The van der Waals surface area contributed by atoms with Crippen LogP contribution in [-0.4, -0.2) is 65.1 Å². The number of aromatic nitrogens is 4. The van der Waals surface area contributed by atoms with Crippen molar-refractivity contribution in [2.45, 2.75) is 25.8 Å². The van der Waals surface area contributed by atoms with Gasteiger partial charge in [-0.05, 0) is 24.5 Å². The summed E-state index contributed by atoms with van der Waals surface area (Å²) >= 11 is 1.56. The number of carbonyl (C=O) groups excluding carboxylic acids is 1. The lowest BCUT2D eigenvalue weighted by atomic mass is 10.0. The average Bonchev–Trinajstić information content (AvgIpc) is 3.41. The fraction of sp³-hybridized carbons (Fsp3) is 0.364. The van der Waals surface area contributed by atoms with E-state index >= 15 is 0 Å². The van der Waals surface area contributed by atoms with Crippen molar-refractivity contribution in [3.8, 4) is 5.75 Å². The minimum absolute atomic E-state index is 0.0191. The van der Waals surface area contributed by atoms with Crippen molar-refractivity contribution >= 4 is 59.7 Å². The van der Waals surface area contributed by atoms with Crippen LogP contribution < -0.4 is 10.1 Å². The third kappa shape index (κ3) is 4.42. The molecule has 1 aliphatic rings. The van der Waals surface area contributed by atoms with Crippen LogP contribution in [0.4, 0.5) is 11.5 Å². The van der Waals surface area contributed by atoms with E-state index in [9.17, 15) is 13.2 Å². The molecule has 1 aromatic carbocycles. The van der Waals surface area contributed by atoms with Gasteiger partial charge in [0, 0.05) is 35.6 Å². The Morgan fingerprint density at radius 1 is 1.32 bits per heavy atom. The first kappa shape index (κ1) is 22.5. The monoisotopic (exact) mass is 500 g/mol. The quantitative estimate of drug-likeness (QED) is 0.396. The van der Waals surface area contributed by atoms with Crippen LogP contribution in [0.5, 0.6) is 5.75 Å². The van der Waals surface area contributed by atoms with Gasteiger partial charge in [-0.15, -0.1) is 11.3 Å². The normalized spacial score (nSPS) is 13.9. The molecule has 0 bridgehead atoms. The van der Waals surface area contributed by atoms with Crippen LogP contribution in [0.15, 0.2) is 24.7 Å². The summed E-state index contributed by atoms with van der Waals surface area (Å²) in [7, 11) is -1.45. The average molecular weight is 501 g/mol. The van der Waals surface area contributed by atoms with Crippen LogP contribution in [0.25, 0.3) is 21.1 Å². The highest BCUT2D eigenvalue weighted by atomic mass is 32.2. The number of H-pyrrole nitrogens is 1. The summed E-state index contributed by atoms with van der Waals surface area (Å²) in [5, 5.41) is 12.3. The Bertz CT molecular complexity index is 1490. The summed E-state index contributed by atoms with van der Waals surface area (Å²) in [6, 6.07) is 3.85. The van der Waals surface area contributed by atoms with Gasteiger partial charge in [0.15, 0.2) is 0 Å². The molecule has 0 radical (unpaired) electrons. The number of methoxy groups -OCH3 is 1. The smallest absolute Gasteiger partial charge is 0.222 e. The second-order valence-electron chi connectivity index (χ2n) is 8.34. The SMILES string of the molecule is COc1cc2[nH]ncc2cc1Nc1ncnc2sc3c(c12)CCN(C(=O)CCCS(C)(=O)=O)C3. The lowest BCUT2D eigenvalue weighted by Crippen LogP contribution is -2.35. The molecule has 5 rings (SSSR count). The van der Waals surface area contributed by atoms with Crippen molar-refractivity contribution in [1.82, 2.24) is 25.1 Å². The number of anilines is 2. The lowest BCUT2D eigenvalue weighted by Gasteiger charge is -2.27. The maximum Gasteiger partial charge on any atom is 0.222 e. The third-order valence-corrected chi connectivity index (χ3v) is 8.06. The van der Waals surface area contributed by atoms with Gasteiger partial charge in [-0.1, -0.05) is 0 Å². The van der Waals surface area contributed by atoms with Crippen LogP contribution in [0.1, 0.15) is 23.3 Å². The molecule has 0 unspecified atom stereocenters. The summed E-state index contributed by atoms with van der Waals surface area (Å²) < 4.78 is 28.3. The largest absolute Gasteiger partial charge is 0.494 e. The van der Waals surface area contributed by atoms with Gasteiger partial charge in [0.25, 0.3) is 0 Å². The molecule has 0 fully saturated rings. The maximum absolute atomic E-state index is 12.6. The van der Waals surface area contributed by atoms with Crippen LogP contribution >= 0.6 is 11.3 Å². The number of carbonyl (C=O) groups is 1. The minimum Gasteiger partial charge on any atom is -0.494 e. The first-order valence-electron chi connectivity index (χ1n) is 10.8. The van der Waals surface area contributed by atoms with Gasteiger partial charge < -0.3 is 15.0 Å². The topological polar surface area (TPSA) is 130 Å². The number of aromatic amines is 1. The Kier molecular flexibility index (Phi) is 5.86. The molecule has 0 saturated carbocycles. The maximum atomic E-state index is 12.6. The summed E-state index contributed by atoms with van der Waals surface area (Å²) in [5.74, 6) is 1.36. The number of hydrogen-bond acceptors (Lipinski definition) is 9. The molecule has 4 aromatic rings. The van der Waals surface area contributed by atoms with E-state index in [1.807, 2.05) is 12.1 Å². The van der Waals surface area contributed by atoms with E-state index in [-0.39, 0.29) is 18.1 Å². The second-order valence-corrected chi connectivity index (χ2v) is 11.7. The van der Waals surface area contributed by atoms with E-state index in [4.69, 9.17) is 4.74 Å². The number of sulfone groups is 1. The zero-order valence-corrected chi connectivity index (χ0v) is 20.4. The standard InChI is InChI=1S/C22H24N6O4S2/c1-32-17-9-15-13(10-25-27-15)8-16(17)26-21-20-14-5-6-28(19(29)4-3-7-34(2,30)31)11-18(14)33-22(20)24-12-23-21/h8-10,12H,3-7,11H2,1-2H3,(H,25,27)(H,23,24,26). The molecule has 0 aliphatic carbocycles. The number of nitrogens with one attached hydrogen (secondary N) is 2. The van der Waals surface area contributed by atoms with E-state index in [1.165, 1.54) is 12.6 Å². The predicted octanol–water partition coefficient (Wildman–Crippen LogP) is 3.03. The van der Waals surface area contributed by atoms with Crippen molar-refractivity contribution in [3.63, 3.8) is 0 Å². The first-order valence-corrected chi connectivity index (χ1v) is 13.7. The highest BCUT2D eigenvalue weighted by Crippen LogP contribution is 2.39. The van der Waals surface area contributed by atoms with Crippen LogP contribution in [0.3, 0.4) is 0 Å². The van der Waals surface area contributed by atoms with Crippen LogP contribution in [0, 0.1) is 0 Å². The molecule has 12 heteroatoms. The number of ether oxygens (including phenoxy) is 1. The Labute approximate surface area is 200 Å². The number of fused-ring (bicyclic) bond motifs is 4. The van der Waals surface area contributed by atoms with E-state index < -0.39 is 9.84 Å². The molecule has 0 spiro atoms. The van der Waals surface area contributed by atoms with Crippen molar-refractivity contribution in [2.24, 2.45) is 0 Å². The Hall–Kier alpha value is -3.25. The summed E-state index contributed by atoms with van der Waals surface area (Å²) in [4.78, 5) is 25.4. The van der Waals surface area contributed by atoms with E-state index in [0.717, 1.165) is 37.2 Å². The second kappa shape index (κ2) is 8.84. The molecule has 1 aliphatic heterocycles. The van der Waals surface area contributed by atoms with Crippen molar-refractivity contribution in [2.75, 3.05) is 31.0 Å². The molecular weight excluding hydrogens is 476 g/mol. The Balaban J connectivity index is 1.41. The molecule has 0 atom stereocenters. The molecule has 4 heterocycles. The molecular formula is C22H24N6O4S2. The number of amides is 1. The molecule has 10 nitrogen and oxygen atoms in total. The fourth-order valence-electron chi connectivity index (χ4n) is 4.24. The Morgan fingerprint density at radius 2 is 2.18 bits per heavy atom. The van der Waals surface area contributed by atoms with Gasteiger partial charge in [-0.3, -0.25) is 9.89 Å². The predicted molar refractivity (Wildman–Crippen MR) is 131 cm³/mol. The van der Waals surface area contributed by atoms with E-state index in [1.54, 1.807) is 29.5 Å². The van der Waals surface area contributed by atoms with Gasteiger partial charge >= 0.3 is 0 Å². The van der Waals surface area contributed by atoms with Crippen LogP contribution in [0.2, 0.25) is 0 Å². The zero-order valence-electron chi connectivity index (χ0n) is 18.8. The highest BCUT2D eigenvalue weighted by molar-refractivity contribution is 7.90. The van der Waals surface area contributed by atoms with Gasteiger partial charge in [0.05, 0.1) is 42.2 Å². The zero-order chi connectivity index (χ0) is 23.9. The third-order valence-electron chi connectivity index (χ3n) is 5.91. The minimum atomic E-state index is -3.07. The van der Waals surface area contributed by atoms with Crippen molar-refractivity contribution < 1.29 is 17.9 Å². The summed E-state index contributed by atoms with van der Waals surface area (Å²) in [6.07, 6.45) is 5.74. The lowest BCUT2D eigenvalue weighted by molar-refractivity contribution is -0.132. The van der Waals surface area contributed by atoms with Crippen LogP contribution in [-0.2, 0) is 27.6 Å². The Morgan fingerprint density at radius 3 is 2.97 bits per heavy atom. The molecule has 34 heavy (non-hydrogen) atoms. The van der Waals surface area contributed by atoms with Crippen molar-refractivity contribution in [3.05, 3.63) is 35.1 Å². The van der Waals surface area contributed by atoms with Gasteiger partial charge in [-0.2, -0.15) is 5.10 Å². The molecule has 2 N–H and O–H groups in total. The highest BCUT2D eigenvalue weighted by Gasteiger charge is 2.26. The number of rotatable bonds is 7. The molecule has 178 valence electrons. The first-order chi connectivity index (χ1) is 16.3. The summed E-state index contributed by atoms with van der Waals surface area (Å²) in [6.45, 7) is 1.08. The molecule has 1 amide bonds. The number of nitrogens with zero attached hydrogens (tertiary/aromatic N) is 4. The fourth-order valence-corrected chi connectivity index (χ4v) is 6.12. The van der Waals surface area contributed by atoms with Gasteiger partial charge in [-0.25, -0.2) is 18.4 Å². The number of benzene rings is 1. The van der Waals surface area contributed by atoms with E-state index in [0.29, 0.717) is 37.5 Å². The molecule has 3 aromatic heterocycles. The number of thiophene rings is 1. The van der Waals surface area contributed by atoms with Gasteiger partial charge in [0.1, 0.15) is 32.6 Å².